The smallest absolute Gasteiger partial charge is 0.481 e. The molecule has 0 atom stereocenters. The summed E-state index contributed by atoms with van der Waals surface area (Å²) in [5, 5.41) is 5.70. The molecule has 2 aromatic carbocycles. The van der Waals surface area contributed by atoms with Crippen LogP contribution in [0.15, 0.2) is 30.3 Å². The van der Waals surface area contributed by atoms with Crippen LogP contribution in [0.1, 0.15) is 49.7 Å². The lowest BCUT2D eigenvalue weighted by atomic mass is 9.94. The average Bonchev–Trinajstić information content (AvgIpc) is 3.01. The number of rotatable bonds is 14. The van der Waals surface area contributed by atoms with E-state index in [1.54, 1.807) is 0 Å². The van der Waals surface area contributed by atoms with Crippen molar-refractivity contribution in [2.45, 2.75) is 63.6 Å². The fourth-order valence-corrected chi connectivity index (χ4v) is 5.39. The van der Waals surface area contributed by atoms with Crippen LogP contribution in [-0.4, -0.2) is 74.4 Å². The maximum absolute atomic E-state index is 13.4. The normalized spacial score (nSPS) is 15.2. The van der Waals surface area contributed by atoms with Crippen molar-refractivity contribution < 1.29 is 50.5 Å². The summed E-state index contributed by atoms with van der Waals surface area (Å²) in [6.07, 6.45) is 0.817. The van der Waals surface area contributed by atoms with Crippen LogP contribution < -0.4 is 20.1 Å². The van der Waals surface area contributed by atoms with E-state index in [9.17, 15) is 36.3 Å². The van der Waals surface area contributed by atoms with Crippen molar-refractivity contribution in [1.82, 2.24) is 10.2 Å². The molecule has 0 saturated heterocycles. The minimum atomic E-state index is -5.21. The van der Waals surface area contributed by atoms with Crippen LogP contribution in [-0.2, 0) is 32.0 Å². The number of hydrogen-bond donors (Lipinski definition) is 2. The summed E-state index contributed by atoms with van der Waals surface area (Å²) in [4.78, 5) is 38.2. The molecule has 0 spiro atoms. The highest BCUT2D eigenvalue weighted by Crippen LogP contribution is 2.40. The van der Waals surface area contributed by atoms with Gasteiger partial charge in [-0.3, -0.25) is 9.59 Å². The number of alkyl halides is 3. The van der Waals surface area contributed by atoms with E-state index >= 15 is 0 Å². The molecule has 0 bridgehead atoms. The number of nitrogens with zero attached hydrogens (tertiary/aromatic N) is 1. The highest BCUT2D eigenvalue weighted by molar-refractivity contribution is 5.98. The van der Waals surface area contributed by atoms with E-state index in [-0.39, 0.29) is 49.6 Å². The van der Waals surface area contributed by atoms with Crippen molar-refractivity contribution in [3.05, 3.63) is 53.1 Å². The zero-order valence-corrected chi connectivity index (χ0v) is 24.7. The minimum absolute atomic E-state index is 0.0290. The number of halogens is 5. The number of fused-ring (bicyclic) bond motifs is 1. The monoisotopic (exact) mass is 641 g/mol. The number of carbonyl (C=O) groups is 3. The molecule has 14 heteroatoms. The maximum atomic E-state index is 13.4. The summed E-state index contributed by atoms with van der Waals surface area (Å²) >= 11 is 0. The summed E-state index contributed by atoms with van der Waals surface area (Å²) in [7, 11) is 0. The van der Waals surface area contributed by atoms with Gasteiger partial charge in [-0.15, -0.1) is 0 Å². The molecular formula is C31H36F5N3O6. The Labute approximate surface area is 257 Å². The second-order valence-electron chi connectivity index (χ2n) is 10.9. The van der Waals surface area contributed by atoms with Gasteiger partial charge >= 0.3 is 12.1 Å². The number of nitrogens with one attached hydrogen (secondary N) is 2. The predicted octanol–water partition coefficient (Wildman–Crippen LogP) is 4.71. The lowest BCUT2D eigenvalue weighted by molar-refractivity contribution is -0.189. The molecular weight excluding hydrogens is 605 g/mol. The molecule has 1 fully saturated rings. The molecule has 1 aliphatic carbocycles. The molecule has 4 rings (SSSR count). The Morgan fingerprint density at radius 2 is 1.78 bits per heavy atom. The number of carbonyl (C=O) groups excluding carboxylic acids is 3. The first kappa shape index (κ1) is 34.1. The van der Waals surface area contributed by atoms with E-state index in [0.29, 0.717) is 43.6 Å². The van der Waals surface area contributed by atoms with Gasteiger partial charge in [-0.2, -0.15) is 13.2 Å². The molecule has 2 amide bonds. The molecule has 2 N–H and O–H groups in total. The molecule has 0 unspecified atom stereocenters. The quantitative estimate of drug-likeness (QED) is 0.133. The van der Waals surface area contributed by atoms with Crippen LogP contribution in [0, 0.1) is 11.6 Å². The van der Waals surface area contributed by atoms with E-state index < -0.39 is 35.4 Å². The lowest BCUT2D eigenvalue weighted by Crippen LogP contribution is -2.45. The van der Waals surface area contributed by atoms with Gasteiger partial charge in [-0.1, -0.05) is 31.4 Å². The lowest BCUT2D eigenvalue weighted by Gasteiger charge is -2.34. The third-order valence-electron chi connectivity index (χ3n) is 7.66. The average molecular weight is 642 g/mol. The summed E-state index contributed by atoms with van der Waals surface area (Å²) in [5.41, 5.74) is 1.06. The third-order valence-corrected chi connectivity index (χ3v) is 7.66. The molecule has 1 aliphatic heterocycles. The van der Waals surface area contributed by atoms with Gasteiger partial charge in [0.2, 0.25) is 5.91 Å². The van der Waals surface area contributed by atoms with Crippen LogP contribution in [0.2, 0.25) is 0 Å². The van der Waals surface area contributed by atoms with Crippen molar-refractivity contribution in [3.8, 4) is 11.5 Å². The van der Waals surface area contributed by atoms with Gasteiger partial charge in [0.05, 0.1) is 19.6 Å². The minimum Gasteiger partial charge on any atom is -0.481 e. The number of benzene rings is 2. The fourth-order valence-electron chi connectivity index (χ4n) is 5.39. The van der Waals surface area contributed by atoms with E-state index in [2.05, 4.69) is 15.4 Å². The summed E-state index contributed by atoms with van der Waals surface area (Å²) in [6, 6.07) is 6.48. The van der Waals surface area contributed by atoms with Gasteiger partial charge in [0.1, 0.15) is 5.69 Å². The molecule has 246 valence electrons. The molecule has 9 nitrogen and oxygen atoms in total. The Bertz CT molecular complexity index is 1350. The van der Waals surface area contributed by atoms with Crippen LogP contribution in [0.3, 0.4) is 0 Å². The van der Waals surface area contributed by atoms with Crippen molar-refractivity contribution in [2.24, 2.45) is 0 Å². The Morgan fingerprint density at radius 1 is 1.00 bits per heavy atom. The molecule has 45 heavy (non-hydrogen) atoms. The van der Waals surface area contributed by atoms with E-state index in [1.807, 2.05) is 4.90 Å². The summed E-state index contributed by atoms with van der Waals surface area (Å²) in [6.45, 7) is 1.53. The second kappa shape index (κ2) is 16.0. The van der Waals surface area contributed by atoms with Crippen LogP contribution in [0.4, 0.5) is 27.6 Å². The van der Waals surface area contributed by atoms with Gasteiger partial charge in [-0.25, -0.2) is 13.6 Å². The van der Waals surface area contributed by atoms with Gasteiger partial charge < -0.3 is 29.7 Å². The predicted molar refractivity (Wildman–Crippen MR) is 153 cm³/mol. The molecule has 1 saturated carbocycles. The highest BCUT2D eigenvalue weighted by Gasteiger charge is 2.42. The number of ether oxygens (including phenoxy) is 3. The fraction of sp³-hybridized carbons (Fsp3) is 0.516. The number of amides is 2. The Hall–Kier alpha value is -3.78. The van der Waals surface area contributed by atoms with Crippen molar-refractivity contribution in [1.29, 1.82) is 0 Å². The first-order valence-corrected chi connectivity index (χ1v) is 14.9. The molecule has 2 aliphatic rings. The van der Waals surface area contributed by atoms with Crippen molar-refractivity contribution in [3.63, 3.8) is 0 Å². The van der Waals surface area contributed by atoms with Crippen LogP contribution >= 0.6 is 0 Å². The van der Waals surface area contributed by atoms with Crippen molar-refractivity contribution in [2.75, 3.05) is 44.8 Å². The van der Waals surface area contributed by atoms with E-state index in [4.69, 9.17) is 9.47 Å². The Morgan fingerprint density at radius 3 is 2.51 bits per heavy atom. The van der Waals surface area contributed by atoms with Crippen LogP contribution in [0.5, 0.6) is 11.5 Å². The second-order valence-corrected chi connectivity index (χ2v) is 10.9. The zero-order chi connectivity index (χ0) is 32.4. The van der Waals surface area contributed by atoms with Gasteiger partial charge in [-0.05, 0) is 61.6 Å². The highest BCUT2D eigenvalue weighted by atomic mass is 19.4. The molecule has 0 radical (unpaired) electrons. The van der Waals surface area contributed by atoms with E-state index in [1.165, 1.54) is 18.2 Å². The molecule has 1 heterocycles. The number of anilines is 1. The van der Waals surface area contributed by atoms with Crippen molar-refractivity contribution >= 4 is 23.5 Å². The van der Waals surface area contributed by atoms with E-state index in [0.717, 1.165) is 44.2 Å². The third kappa shape index (κ3) is 9.85. The summed E-state index contributed by atoms with van der Waals surface area (Å²) < 4.78 is 80.1. The SMILES string of the molecule is O=C1COc2c(CCNCCN(C(=O)CCOCCc3ccc(F)c(F)c3)C3CCCCC3)ccc(OC(=O)C(F)(F)F)c2N1. The van der Waals surface area contributed by atoms with Gasteiger partial charge in [0, 0.05) is 19.1 Å². The topological polar surface area (TPSA) is 106 Å². The largest absolute Gasteiger partial charge is 0.491 e. The zero-order valence-electron chi connectivity index (χ0n) is 24.7. The Balaban J connectivity index is 1.26. The molecule has 2 aromatic rings. The standard InChI is InChI=1S/C31H36F5N3O6/c32-23-8-6-20(18-24(23)33)11-16-43-17-12-27(41)39(22-4-2-1-3-5-22)15-14-37-13-10-21-7-9-25(45-30(42)31(34,35)36)28-29(21)44-19-26(40)38-28/h6-9,18,22,37H,1-5,10-17,19H2,(H,38,40). The summed E-state index contributed by atoms with van der Waals surface area (Å²) in [5.74, 6) is -5.19. The Kier molecular flexibility index (Phi) is 12.1. The maximum Gasteiger partial charge on any atom is 0.491 e. The first-order chi connectivity index (χ1) is 21.5. The number of hydrogen-bond acceptors (Lipinski definition) is 7. The molecule has 0 aromatic heterocycles. The first-order valence-electron chi connectivity index (χ1n) is 14.9. The van der Waals surface area contributed by atoms with Gasteiger partial charge in [0.25, 0.3) is 5.91 Å². The number of esters is 1. The van der Waals surface area contributed by atoms with Gasteiger partial charge in [0.15, 0.2) is 29.7 Å². The van der Waals surface area contributed by atoms with Crippen LogP contribution in [0.25, 0.3) is 0 Å².